The molecule has 2 aromatic heterocycles. The number of amides is 1. The molecule has 1 amide bonds. The van der Waals surface area contributed by atoms with E-state index in [-0.39, 0.29) is 11.7 Å². The number of hydrogen-bond acceptors (Lipinski definition) is 6. The molecule has 1 unspecified atom stereocenters. The highest BCUT2D eigenvalue weighted by Crippen LogP contribution is 2.19. The minimum atomic E-state index is -0.913. The number of ketones is 1. The summed E-state index contributed by atoms with van der Waals surface area (Å²) in [4.78, 5) is 41.3. The van der Waals surface area contributed by atoms with Crippen molar-refractivity contribution >= 4 is 46.0 Å². The van der Waals surface area contributed by atoms with Crippen molar-refractivity contribution < 1.29 is 19.1 Å². The molecule has 29 heavy (non-hydrogen) atoms. The van der Waals surface area contributed by atoms with Crippen LogP contribution in [-0.4, -0.2) is 28.7 Å². The summed E-state index contributed by atoms with van der Waals surface area (Å²) in [6, 6.07) is 14.9. The van der Waals surface area contributed by atoms with Crippen LogP contribution in [-0.2, 0) is 20.9 Å². The fourth-order valence-corrected chi connectivity index (χ4v) is 3.58. The number of thiophene rings is 1. The molecule has 0 aliphatic heterocycles. The lowest BCUT2D eigenvalue weighted by Gasteiger charge is -2.09. The molecule has 3 rings (SSSR count). The molecule has 0 radical (unpaired) electrons. The monoisotopic (exact) mass is 408 g/mol. The average molecular weight is 408 g/mol. The van der Waals surface area contributed by atoms with Gasteiger partial charge in [0.2, 0.25) is 11.7 Å². The van der Waals surface area contributed by atoms with Gasteiger partial charge < -0.3 is 10.1 Å². The Hall–Kier alpha value is -3.32. The first-order chi connectivity index (χ1) is 13.9. The van der Waals surface area contributed by atoms with E-state index in [1.165, 1.54) is 31.3 Å². The molecular weight excluding hydrogens is 388 g/mol. The van der Waals surface area contributed by atoms with Crippen LogP contribution < -0.4 is 5.32 Å². The topological polar surface area (TPSA) is 85.4 Å². The lowest BCUT2D eigenvalue weighted by atomic mass is 10.2. The maximum absolute atomic E-state index is 12.5. The van der Waals surface area contributed by atoms with Crippen LogP contribution in [0.25, 0.3) is 17.0 Å². The molecule has 0 saturated heterocycles. The molecule has 7 heteroatoms. The van der Waals surface area contributed by atoms with E-state index in [1.54, 1.807) is 18.2 Å². The Morgan fingerprint density at radius 2 is 1.93 bits per heavy atom. The number of hydrogen-bond donors (Lipinski definition) is 1. The molecule has 0 bridgehead atoms. The molecule has 0 aliphatic rings. The van der Waals surface area contributed by atoms with Crippen LogP contribution >= 0.6 is 11.3 Å². The molecule has 0 fully saturated rings. The Labute approximate surface area is 172 Å². The summed E-state index contributed by atoms with van der Waals surface area (Å²) >= 11 is 1.27. The van der Waals surface area contributed by atoms with Gasteiger partial charge in [-0.05, 0) is 37.3 Å². The van der Waals surface area contributed by atoms with Gasteiger partial charge in [0.1, 0.15) is 0 Å². The van der Waals surface area contributed by atoms with Crippen molar-refractivity contribution in [2.45, 2.75) is 26.5 Å². The van der Waals surface area contributed by atoms with Gasteiger partial charge in [0.05, 0.1) is 22.6 Å². The maximum atomic E-state index is 12.5. The largest absolute Gasteiger partial charge is 0.451 e. The molecule has 0 aliphatic carbocycles. The van der Waals surface area contributed by atoms with Crippen LogP contribution in [0, 0.1) is 0 Å². The first kappa shape index (κ1) is 20.4. The average Bonchev–Trinajstić information content (AvgIpc) is 3.19. The Morgan fingerprint density at radius 3 is 2.72 bits per heavy atom. The number of para-hydroxylation sites is 1. The number of carbonyl (C=O) groups excluding carboxylic acids is 3. The Balaban J connectivity index is 1.58. The van der Waals surface area contributed by atoms with Crippen molar-refractivity contribution in [2.24, 2.45) is 0 Å². The third-order valence-corrected chi connectivity index (χ3v) is 5.19. The number of benzene rings is 1. The van der Waals surface area contributed by atoms with Gasteiger partial charge in [-0.2, -0.15) is 0 Å². The number of ether oxygens (including phenoxy) is 1. The molecule has 0 saturated carbocycles. The number of esters is 1. The van der Waals surface area contributed by atoms with Crippen LogP contribution in [0.3, 0.4) is 0 Å². The first-order valence-electron chi connectivity index (χ1n) is 9.04. The number of fused-ring (bicyclic) bond motifs is 1. The zero-order valence-corrected chi connectivity index (χ0v) is 16.9. The van der Waals surface area contributed by atoms with Gasteiger partial charge in [0.15, 0.2) is 6.10 Å². The predicted molar refractivity (Wildman–Crippen MR) is 113 cm³/mol. The zero-order chi connectivity index (χ0) is 20.8. The van der Waals surface area contributed by atoms with Crippen LogP contribution in [0.4, 0.5) is 0 Å². The van der Waals surface area contributed by atoms with Crippen molar-refractivity contribution in [2.75, 3.05) is 0 Å². The molecule has 148 valence electrons. The third-order valence-electron chi connectivity index (χ3n) is 4.09. The molecule has 6 nitrogen and oxygen atoms in total. The van der Waals surface area contributed by atoms with Crippen LogP contribution in [0.5, 0.6) is 0 Å². The smallest absolute Gasteiger partial charge is 0.331 e. The van der Waals surface area contributed by atoms with E-state index in [0.717, 1.165) is 15.8 Å². The molecule has 1 aromatic carbocycles. The summed E-state index contributed by atoms with van der Waals surface area (Å²) in [6.07, 6.45) is 1.91. The van der Waals surface area contributed by atoms with Crippen LogP contribution in [0.1, 0.15) is 34.1 Å². The van der Waals surface area contributed by atoms with Gasteiger partial charge in [-0.25, -0.2) is 9.78 Å². The summed E-state index contributed by atoms with van der Waals surface area (Å²) in [6.45, 7) is 3.33. The van der Waals surface area contributed by atoms with Crippen molar-refractivity contribution in [1.29, 1.82) is 0 Å². The van der Waals surface area contributed by atoms with Crippen LogP contribution in [0.15, 0.2) is 54.6 Å². The number of Topliss-reactive ketones (excluding diaryl/α,β-unsaturated/α-hetero) is 1. The lowest BCUT2D eigenvalue weighted by Crippen LogP contribution is -2.22. The van der Waals surface area contributed by atoms with E-state index in [4.69, 9.17) is 4.74 Å². The lowest BCUT2D eigenvalue weighted by molar-refractivity contribution is -0.140. The standard InChI is InChI=1S/C22H20N2O4S/c1-14(22(27)20-11-10-18(29-20)13-23-15(2)25)28-21(26)12-9-17-8-7-16-5-3-4-6-19(16)24-17/h3-12,14H,13H2,1-2H3,(H,23,25)/b12-9+. The van der Waals surface area contributed by atoms with Crippen LogP contribution in [0.2, 0.25) is 0 Å². The number of carbonyl (C=O) groups is 3. The second kappa shape index (κ2) is 9.25. The normalized spacial score (nSPS) is 12.1. The summed E-state index contributed by atoms with van der Waals surface area (Å²) < 4.78 is 5.22. The number of pyridine rings is 1. The van der Waals surface area contributed by atoms with E-state index in [2.05, 4.69) is 10.3 Å². The molecule has 1 atom stereocenters. The van der Waals surface area contributed by atoms with E-state index >= 15 is 0 Å². The number of nitrogens with one attached hydrogen (secondary N) is 1. The SMILES string of the molecule is CC(=O)NCc1ccc(C(=O)C(C)OC(=O)/C=C/c2ccc3ccccc3n2)s1. The molecule has 0 spiro atoms. The molecular formula is C22H20N2O4S. The summed E-state index contributed by atoms with van der Waals surface area (Å²) in [5, 5.41) is 3.69. The van der Waals surface area contributed by atoms with E-state index < -0.39 is 12.1 Å². The van der Waals surface area contributed by atoms with Gasteiger partial charge in [0, 0.05) is 23.3 Å². The predicted octanol–water partition coefficient (Wildman–Crippen LogP) is 3.76. The minimum Gasteiger partial charge on any atom is -0.451 e. The Kier molecular flexibility index (Phi) is 6.51. The Morgan fingerprint density at radius 1 is 1.14 bits per heavy atom. The fourth-order valence-electron chi connectivity index (χ4n) is 2.61. The highest BCUT2D eigenvalue weighted by Gasteiger charge is 2.20. The Bertz CT molecular complexity index is 1090. The van der Waals surface area contributed by atoms with Gasteiger partial charge in [0.25, 0.3) is 0 Å². The van der Waals surface area contributed by atoms with Crippen molar-refractivity contribution in [3.05, 3.63) is 70.1 Å². The fraction of sp³-hybridized carbons (Fsp3) is 0.182. The molecule has 3 aromatic rings. The number of aromatic nitrogens is 1. The van der Waals surface area contributed by atoms with Gasteiger partial charge >= 0.3 is 5.97 Å². The third kappa shape index (κ3) is 5.58. The van der Waals surface area contributed by atoms with Crippen molar-refractivity contribution in [3.63, 3.8) is 0 Å². The van der Waals surface area contributed by atoms with E-state index in [9.17, 15) is 14.4 Å². The summed E-state index contributed by atoms with van der Waals surface area (Å²) in [5.74, 6) is -1.04. The number of rotatable bonds is 7. The van der Waals surface area contributed by atoms with Gasteiger partial charge in [-0.1, -0.05) is 24.3 Å². The van der Waals surface area contributed by atoms with Crippen molar-refractivity contribution in [1.82, 2.24) is 10.3 Å². The van der Waals surface area contributed by atoms with Gasteiger partial charge in [-0.15, -0.1) is 11.3 Å². The van der Waals surface area contributed by atoms with E-state index in [1.807, 2.05) is 36.4 Å². The minimum absolute atomic E-state index is 0.138. The van der Waals surface area contributed by atoms with Gasteiger partial charge in [-0.3, -0.25) is 9.59 Å². The summed E-state index contributed by atoms with van der Waals surface area (Å²) in [5.41, 5.74) is 1.46. The highest BCUT2D eigenvalue weighted by molar-refractivity contribution is 7.14. The second-order valence-electron chi connectivity index (χ2n) is 6.38. The quantitative estimate of drug-likeness (QED) is 0.365. The summed E-state index contributed by atoms with van der Waals surface area (Å²) in [7, 11) is 0. The zero-order valence-electron chi connectivity index (χ0n) is 16.0. The maximum Gasteiger partial charge on any atom is 0.331 e. The molecule has 1 N–H and O–H groups in total. The second-order valence-corrected chi connectivity index (χ2v) is 7.55. The molecule has 2 heterocycles. The van der Waals surface area contributed by atoms with Crippen molar-refractivity contribution in [3.8, 4) is 0 Å². The highest BCUT2D eigenvalue weighted by atomic mass is 32.1. The number of nitrogens with zero attached hydrogens (tertiary/aromatic N) is 1. The first-order valence-corrected chi connectivity index (χ1v) is 9.86. The van der Waals surface area contributed by atoms with E-state index in [0.29, 0.717) is 17.1 Å².